The van der Waals surface area contributed by atoms with E-state index >= 15 is 0 Å². The number of ether oxygens (including phenoxy) is 2. The van der Waals surface area contributed by atoms with Gasteiger partial charge in [0.1, 0.15) is 18.1 Å². The number of methoxy groups -OCH3 is 1. The molecule has 0 saturated heterocycles. The van der Waals surface area contributed by atoms with Gasteiger partial charge in [-0.25, -0.2) is 4.79 Å². The van der Waals surface area contributed by atoms with E-state index in [0.29, 0.717) is 18.9 Å². The summed E-state index contributed by atoms with van der Waals surface area (Å²) in [6.45, 7) is 4.88. The largest absolute Gasteiger partial charge is 0.496 e. The van der Waals surface area contributed by atoms with Gasteiger partial charge in [0, 0.05) is 12.1 Å². The first-order valence-corrected chi connectivity index (χ1v) is 7.33. The van der Waals surface area contributed by atoms with Crippen LogP contribution in [0.25, 0.3) is 11.1 Å². The number of hydrogen-bond donors (Lipinski definition) is 2. The number of rotatable bonds is 6. The van der Waals surface area contributed by atoms with Gasteiger partial charge in [-0.05, 0) is 60.9 Å². The molecule has 0 fully saturated rings. The number of carboxylic acids is 1. The average Bonchev–Trinajstić information content (AvgIpc) is 2.53. The minimum Gasteiger partial charge on any atom is -0.496 e. The summed E-state index contributed by atoms with van der Waals surface area (Å²) < 4.78 is 11.0. The summed E-state index contributed by atoms with van der Waals surface area (Å²) in [4.78, 5) is 11.1. The third-order valence-electron chi connectivity index (χ3n) is 3.58. The van der Waals surface area contributed by atoms with Gasteiger partial charge in [0.25, 0.3) is 0 Å². The fourth-order valence-corrected chi connectivity index (χ4v) is 2.56. The van der Waals surface area contributed by atoms with Crippen LogP contribution in [0, 0.1) is 13.8 Å². The number of carbonyl (C=O) groups is 1. The van der Waals surface area contributed by atoms with Gasteiger partial charge in [-0.15, -0.1) is 0 Å². The molecule has 0 heterocycles. The van der Waals surface area contributed by atoms with Gasteiger partial charge in [-0.3, -0.25) is 0 Å². The Morgan fingerprint density at radius 2 is 1.83 bits per heavy atom. The Kier molecular flexibility index (Phi) is 5.24. The number of nitrogens with two attached hydrogens (primary N) is 1. The van der Waals surface area contributed by atoms with E-state index in [0.717, 1.165) is 28.0 Å². The van der Waals surface area contributed by atoms with Crippen molar-refractivity contribution in [2.45, 2.75) is 13.8 Å². The van der Waals surface area contributed by atoms with Crippen LogP contribution in [0.1, 0.15) is 21.5 Å². The highest BCUT2D eigenvalue weighted by Crippen LogP contribution is 2.35. The topological polar surface area (TPSA) is 81.8 Å². The van der Waals surface area contributed by atoms with Gasteiger partial charge < -0.3 is 20.3 Å². The van der Waals surface area contributed by atoms with Crippen LogP contribution in [-0.2, 0) is 0 Å². The van der Waals surface area contributed by atoms with Gasteiger partial charge in [-0.1, -0.05) is 0 Å². The maximum atomic E-state index is 11.1. The second kappa shape index (κ2) is 7.15. The first-order chi connectivity index (χ1) is 11.0. The zero-order valence-corrected chi connectivity index (χ0v) is 13.6. The molecule has 122 valence electrons. The van der Waals surface area contributed by atoms with E-state index in [2.05, 4.69) is 0 Å². The van der Waals surface area contributed by atoms with E-state index < -0.39 is 5.97 Å². The van der Waals surface area contributed by atoms with Gasteiger partial charge >= 0.3 is 5.97 Å². The van der Waals surface area contributed by atoms with E-state index in [-0.39, 0.29) is 5.56 Å². The molecule has 5 heteroatoms. The Morgan fingerprint density at radius 1 is 1.17 bits per heavy atom. The van der Waals surface area contributed by atoms with E-state index in [1.165, 1.54) is 13.2 Å². The van der Waals surface area contributed by atoms with Crippen molar-refractivity contribution in [1.29, 1.82) is 0 Å². The molecular formula is C18H21NO4. The van der Waals surface area contributed by atoms with Crippen LogP contribution in [0.15, 0.2) is 30.3 Å². The zero-order chi connectivity index (χ0) is 17.0. The molecule has 0 amide bonds. The molecule has 0 aliphatic carbocycles. The van der Waals surface area contributed by atoms with Crippen molar-refractivity contribution >= 4 is 5.97 Å². The van der Waals surface area contributed by atoms with Crippen molar-refractivity contribution in [3.05, 3.63) is 47.0 Å². The highest BCUT2D eigenvalue weighted by Gasteiger charge is 2.13. The Morgan fingerprint density at radius 3 is 2.35 bits per heavy atom. The molecule has 0 bridgehead atoms. The van der Waals surface area contributed by atoms with Crippen molar-refractivity contribution in [2.75, 3.05) is 20.3 Å². The van der Waals surface area contributed by atoms with Crippen molar-refractivity contribution in [3.63, 3.8) is 0 Å². The monoisotopic (exact) mass is 315 g/mol. The third-order valence-corrected chi connectivity index (χ3v) is 3.58. The summed E-state index contributed by atoms with van der Waals surface area (Å²) in [6, 6.07) is 8.86. The summed E-state index contributed by atoms with van der Waals surface area (Å²) >= 11 is 0. The summed E-state index contributed by atoms with van der Waals surface area (Å²) in [7, 11) is 1.53. The molecule has 5 nitrogen and oxygen atoms in total. The molecule has 0 saturated carbocycles. The lowest BCUT2D eigenvalue weighted by Crippen LogP contribution is -2.11. The lowest BCUT2D eigenvalue weighted by atomic mass is 9.98. The van der Waals surface area contributed by atoms with E-state index in [9.17, 15) is 4.79 Å². The van der Waals surface area contributed by atoms with Crippen LogP contribution in [-0.4, -0.2) is 31.3 Å². The molecule has 0 aliphatic heterocycles. The quantitative estimate of drug-likeness (QED) is 0.856. The highest BCUT2D eigenvalue weighted by molar-refractivity contribution is 5.90. The summed E-state index contributed by atoms with van der Waals surface area (Å²) in [5.74, 6) is 0.382. The highest BCUT2D eigenvalue weighted by atomic mass is 16.5. The number of aromatic carboxylic acids is 1. The molecule has 0 aliphatic rings. The van der Waals surface area contributed by atoms with Crippen LogP contribution in [0.5, 0.6) is 11.5 Å². The van der Waals surface area contributed by atoms with Gasteiger partial charge in [0.05, 0.1) is 12.7 Å². The molecule has 23 heavy (non-hydrogen) atoms. The van der Waals surface area contributed by atoms with Crippen molar-refractivity contribution in [3.8, 4) is 22.6 Å². The maximum absolute atomic E-state index is 11.1. The Labute approximate surface area is 135 Å². The van der Waals surface area contributed by atoms with Crippen molar-refractivity contribution in [1.82, 2.24) is 0 Å². The Hall–Kier alpha value is -2.53. The molecule has 2 aromatic carbocycles. The standard InChI is InChI=1S/C18H21NO4/c1-11-8-14(9-12(2)17(11)23-7-6-19)15-5-4-13(18(20)21)10-16(15)22-3/h4-5,8-10H,6-7,19H2,1-3H3,(H,20,21). The smallest absolute Gasteiger partial charge is 0.335 e. The van der Waals surface area contributed by atoms with Crippen LogP contribution in [0.4, 0.5) is 0 Å². The summed E-state index contributed by atoms with van der Waals surface area (Å²) in [5.41, 5.74) is 9.47. The lowest BCUT2D eigenvalue weighted by Gasteiger charge is -2.15. The predicted octanol–water partition coefficient (Wildman–Crippen LogP) is 3.01. The molecular weight excluding hydrogens is 294 g/mol. The van der Waals surface area contributed by atoms with Gasteiger partial charge in [-0.2, -0.15) is 0 Å². The molecule has 2 rings (SSSR count). The fraction of sp³-hybridized carbons (Fsp3) is 0.278. The van der Waals surface area contributed by atoms with E-state index in [1.807, 2.05) is 26.0 Å². The molecule has 0 atom stereocenters. The third kappa shape index (κ3) is 3.63. The number of carboxylic acid groups (broad SMARTS) is 1. The fourth-order valence-electron chi connectivity index (χ4n) is 2.56. The van der Waals surface area contributed by atoms with Crippen LogP contribution in [0.2, 0.25) is 0 Å². The first-order valence-electron chi connectivity index (χ1n) is 7.33. The van der Waals surface area contributed by atoms with Gasteiger partial charge in [0.15, 0.2) is 0 Å². The molecule has 0 spiro atoms. The summed E-state index contributed by atoms with van der Waals surface area (Å²) in [6.07, 6.45) is 0. The molecule has 0 radical (unpaired) electrons. The lowest BCUT2D eigenvalue weighted by molar-refractivity contribution is 0.0696. The first kappa shape index (κ1) is 16.8. The predicted molar refractivity (Wildman–Crippen MR) is 89.4 cm³/mol. The Balaban J connectivity index is 2.48. The van der Waals surface area contributed by atoms with Crippen LogP contribution >= 0.6 is 0 Å². The van der Waals surface area contributed by atoms with Crippen molar-refractivity contribution < 1.29 is 19.4 Å². The number of benzene rings is 2. The molecule has 2 aromatic rings. The minimum atomic E-state index is -0.979. The maximum Gasteiger partial charge on any atom is 0.335 e. The SMILES string of the molecule is COc1cc(C(=O)O)ccc1-c1cc(C)c(OCCN)c(C)c1. The second-order valence-corrected chi connectivity index (χ2v) is 5.30. The molecule has 0 aromatic heterocycles. The normalized spacial score (nSPS) is 10.4. The van der Waals surface area contributed by atoms with E-state index in [1.54, 1.807) is 12.1 Å². The Bertz CT molecular complexity index is 702. The zero-order valence-electron chi connectivity index (χ0n) is 13.6. The minimum absolute atomic E-state index is 0.196. The van der Waals surface area contributed by atoms with Crippen LogP contribution < -0.4 is 15.2 Å². The molecule has 0 unspecified atom stereocenters. The molecule has 3 N–H and O–H groups in total. The number of hydrogen-bond acceptors (Lipinski definition) is 4. The van der Waals surface area contributed by atoms with Crippen molar-refractivity contribution in [2.24, 2.45) is 5.73 Å². The van der Waals surface area contributed by atoms with E-state index in [4.69, 9.17) is 20.3 Å². The summed E-state index contributed by atoms with van der Waals surface area (Å²) in [5, 5.41) is 9.09. The number of aryl methyl sites for hydroxylation is 2. The van der Waals surface area contributed by atoms with Crippen LogP contribution in [0.3, 0.4) is 0 Å². The van der Waals surface area contributed by atoms with Gasteiger partial charge in [0.2, 0.25) is 0 Å². The second-order valence-electron chi connectivity index (χ2n) is 5.30. The average molecular weight is 315 g/mol.